The van der Waals surface area contributed by atoms with Gasteiger partial charge in [-0.05, 0) is 37.3 Å². The number of fused-ring (bicyclic) bond motifs is 1. The fourth-order valence-electron chi connectivity index (χ4n) is 2.95. The minimum atomic E-state index is -0.697. The molecule has 0 fully saturated rings. The lowest BCUT2D eigenvalue weighted by atomic mass is 10.1. The van der Waals surface area contributed by atoms with Gasteiger partial charge in [-0.25, -0.2) is 0 Å². The molecule has 6 nitrogen and oxygen atoms in total. The highest BCUT2D eigenvalue weighted by molar-refractivity contribution is 6.48. The smallest absolute Gasteiger partial charge is 0.296 e. The van der Waals surface area contributed by atoms with Gasteiger partial charge in [0.2, 0.25) is 5.91 Å². The zero-order chi connectivity index (χ0) is 18.8. The highest BCUT2D eigenvalue weighted by Gasteiger charge is 2.24. The Morgan fingerprint density at radius 2 is 1.46 bits per heavy atom. The highest BCUT2D eigenvalue weighted by Crippen LogP contribution is 2.25. The van der Waals surface area contributed by atoms with Crippen LogP contribution >= 0.6 is 0 Å². The second kappa shape index (κ2) is 6.84. The van der Waals surface area contributed by atoms with Crippen LogP contribution in [0.3, 0.4) is 0 Å². The molecule has 2 N–H and O–H groups in total. The van der Waals surface area contributed by atoms with Crippen LogP contribution in [0.2, 0.25) is 0 Å². The maximum absolute atomic E-state index is 12.7. The van der Waals surface area contributed by atoms with E-state index in [-0.39, 0.29) is 5.91 Å². The molecule has 26 heavy (non-hydrogen) atoms. The van der Waals surface area contributed by atoms with Gasteiger partial charge in [0.15, 0.2) is 0 Å². The van der Waals surface area contributed by atoms with Gasteiger partial charge in [-0.3, -0.25) is 14.4 Å². The van der Waals surface area contributed by atoms with Gasteiger partial charge < -0.3 is 15.2 Å². The SMILES string of the molecule is CC(=O)Nc1ccc(NC(=O)C(=O)c2c(C)n(C)c3ccccc23)cc1. The van der Waals surface area contributed by atoms with Crippen molar-refractivity contribution in [3.05, 3.63) is 59.8 Å². The van der Waals surface area contributed by atoms with E-state index in [1.165, 1.54) is 6.92 Å². The van der Waals surface area contributed by atoms with Crippen LogP contribution in [0, 0.1) is 6.92 Å². The summed E-state index contributed by atoms with van der Waals surface area (Å²) in [5, 5.41) is 6.01. The molecule has 0 unspecified atom stereocenters. The van der Waals surface area contributed by atoms with E-state index in [1.807, 2.05) is 42.8 Å². The number of nitrogens with one attached hydrogen (secondary N) is 2. The number of nitrogens with zero attached hydrogens (tertiary/aromatic N) is 1. The van der Waals surface area contributed by atoms with Crippen LogP contribution in [-0.2, 0) is 16.6 Å². The van der Waals surface area contributed by atoms with Gasteiger partial charge in [0.1, 0.15) is 0 Å². The summed E-state index contributed by atoms with van der Waals surface area (Å²) in [5.41, 5.74) is 3.16. The van der Waals surface area contributed by atoms with E-state index in [2.05, 4.69) is 10.6 Å². The van der Waals surface area contributed by atoms with Crippen LogP contribution in [-0.4, -0.2) is 22.2 Å². The number of aromatic nitrogens is 1. The Labute approximate surface area is 150 Å². The first-order chi connectivity index (χ1) is 12.4. The van der Waals surface area contributed by atoms with Crippen molar-refractivity contribution in [3.8, 4) is 0 Å². The number of ketones is 1. The molecule has 0 aliphatic heterocycles. The molecule has 132 valence electrons. The van der Waals surface area contributed by atoms with E-state index in [0.29, 0.717) is 16.9 Å². The minimum Gasteiger partial charge on any atom is -0.347 e. The molecule has 0 saturated carbocycles. The summed E-state index contributed by atoms with van der Waals surface area (Å²) in [6.07, 6.45) is 0. The zero-order valence-electron chi connectivity index (χ0n) is 14.8. The molecule has 6 heteroatoms. The molecule has 2 amide bonds. The Hall–Kier alpha value is -3.41. The summed E-state index contributed by atoms with van der Waals surface area (Å²) in [7, 11) is 1.87. The highest BCUT2D eigenvalue weighted by atomic mass is 16.2. The van der Waals surface area contributed by atoms with Gasteiger partial charge in [-0.15, -0.1) is 0 Å². The minimum absolute atomic E-state index is 0.177. The number of Topliss-reactive ketones (excluding diaryl/α,β-unsaturated/α-hetero) is 1. The molecule has 0 radical (unpaired) electrons. The van der Waals surface area contributed by atoms with Crippen molar-refractivity contribution < 1.29 is 14.4 Å². The van der Waals surface area contributed by atoms with Gasteiger partial charge in [0, 0.05) is 41.9 Å². The first-order valence-corrected chi connectivity index (χ1v) is 8.16. The number of aryl methyl sites for hydroxylation is 1. The third kappa shape index (κ3) is 3.21. The van der Waals surface area contributed by atoms with Crippen molar-refractivity contribution in [2.24, 2.45) is 7.05 Å². The molecule has 2 aromatic carbocycles. The predicted octanol–water partition coefficient (Wildman–Crippen LogP) is 3.27. The van der Waals surface area contributed by atoms with Gasteiger partial charge in [0.25, 0.3) is 11.7 Å². The van der Waals surface area contributed by atoms with E-state index in [0.717, 1.165) is 16.6 Å². The summed E-state index contributed by atoms with van der Waals surface area (Å²) in [5.74, 6) is -1.45. The third-order valence-electron chi connectivity index (χ3n) is 4.30. The Morgan fingerprint density at radius 3 is 2.08 bits per heavy atom. The van der Waals surface area contributed by atoms with Crippen LogP contribution < -0.4 is 10.6 Å². The summed E-state index contributed by atoms with van der Waals surface area (Å²) in [6, 6.07) is 14.1. The van der Waals surface area contributed by atoms with Crippen molar-refractivity contribution >= 4 is 39.9 Å². The number of rotatable bonds is 4. The van der Waals surface area contributed by atoms with Crippen molar-refractivity contribution in [1.82, 2.24) is 4.57 Å². The molecule has 1 aromatic heterocycles. The Bertz CT molecular complexity index is 1020. The van der Waals surface area contributed by atoms with Crippen molar-refractivity contribution in [2.75, 3.05) is 10.6 Å². The monoisotopic (exact) mass is 349 g/mol. The molecule has 3 rings (SSSR count). The maximum Gasteiger partial charge on any atom is 0.296 e. The molecule has 3 aromatic rings. The average molecular weight is 349 g/mol. The van der Waals surface area contributed by atoms with Crippen molar-refractivity contribution in [3.63, 3.8) is 0 Å². The van der Waals surface area contributed by atoms with Gasteiger partial charge in [-0.2, -0.15) is 0 Å². The second-order valence-electron chi connectivity index (χ2n) is 6.08. The first kappa shape index (κ1) is 17.4. The van der Waals surface area contributed by atoms with Gasteiger partial charge in [0.05, 0.1) is 5.56 Å². The third-order valence-corrected chi connectivity index (χ3v) is 4.30. The number of anilines is 2. The summed E-state index contributed by atoms with van der Waals surface area (Å²) >= 11 is 0. The number of carbonyl (C=O) groups is 3. The largest absolute Gasteiger partial charge is 0.347 e. The Balaban J connectivity index is 1.84. The van der Waals surface area contributed by atoms with E-state index >= 15 is 0 Å². The Kier molecular flexibility index (Phi) is 4.58. The van der Waals surface area contributed by atoms with Crippen molar-refractivity contribution in [1.29, 1.82) is 0 Å². The second-order valence-corrected chi connectivity index (χ2v) is 6.08. The molecule has 0 aliphatic rings. The molecule has 1 heterocycles. The molecule has 0 aliphatic carbocycles. The van der Waals surface area contributed by atoms with E-state index in [1.54, 1.807) is 24.3 Å². The molecule has 0 atom stereocenters. The molecular weight excluding hydrogens is 330 g/mol. The average Bonchev–Trinajstić information content (AvgIpc) is 2.87. The topological polar surface area (TPSA) is 80.2 Å². The van der Waals surface area contributed by atoms with E-state index in [4.69, 9.17) is 0 Å². The zero-order valence-corrected chi connectivity index (χ0v) is 14.8. The fraction of sp³-hybridized carbons (Fsp3) is 0.150. The molecule has 0 bridgehead atoms. The molecule has 0 saturated heterocycles. The number of hydrogen-bond donors (Lipinski definition) is 2. The quantitative estimate of drug-likeness (QED) is 0.560. The summed E-state index contributed by atoms with van der Waals surface area (Å²) < 4.78 is 1.90. The fourth-order valence-corrected chi connectivity index (χ4v) is 2.95. The van der Waals surface area contributed by atoms with Crippen LogP contribution in [0.25, 0.3) is 10.9 Å². The lowest BCUT2D eigenvalue weighted by Crippen LogP contribution is -2.23. The lowest BCUT2D eigenvalue weighted by Gasteiger charge is -2.07. The van der Waals surface area contributed by atoms with E-state index < -0.39 is 11.7 Å². The summed E-state index contributed by atoms with van der Waals surface area (Å²) in [4.78, 5) is 36.2. The van der Waals surface area contributed by atoms with Crippen LogP contribution in [0.1, 0.15) is 23.0 Å². The van der Waals surface area contributed by atoms with Crippen LogP contribution in [0.15, 0.2) is 48.5 Å². The number of amides is 2. The van der Waals surface area contributed by atoms with E-state index in [9.17, 15) is 14.4 Å². The standard InChI is InChI=1S/C20H19N3O3/c1-12-18(16-6-4-5-7-17(16)23(12)3)19(25)20(26)22-15-10-8-14(9-11-15)21-13(2)24/h4-11H,1-3H3,(H,21,24)(H,22,26). The van der Waals surface area contributed by atoms with Crippen LogP contribution in [0.4, 0.5) is 11.4 Å². The normalized spacial score (nSPS) is 10.6. The van der Waals surface area contributed by atoms with Crippen molar-refractivity contribution in [2.45, 2.75) is 13.8 Å². The lowest BCUT2D eigenvalue weighted by molar-refractivity contribution is -0.114. The summed E-state index contributed by atoms with van der Waals surface area (Å²) in [6.45, 7) is 3.24. The van der Waals surface area contributed by atoms with Crippen LogP contribution in [0.5, 0.6) is 0 Å². The Morgan fingerprint density at radius 1 is 0.885 bits per heavy atom. The molecular formula is C20H19N3O3. The van der Waals surface area contributed by atoms with Gasteiger partial charge in [-0.1, -0.05) is 18.2 Å². The number of hydrogen-bond acceptors (Lipinski definition) is 3. The first-order valence-electron chi connectivity index (χ1n) is 8.16. The number of para-hydroxylation sites is 1. The number of carbonyl (C=O) groups excluding carboxylic acids is 3. The predicted molar refractivity (Wildman–Crippen MR) is 101 cm³/mol. The maximum atomic E-state index is 12.7. The number of benzene rings is 2. The van der Waals surface area contributed by atoms with Gasteiger partial charge >= 0.3 is 0 Å². The molecule has 0 spiro atoms.